The summed E-state index contributed by atoms with van der Waals surface area (Å²) in [7, 11) is 0. The summed E-state index contributed by atoms with van der Waals surface area (Å²) in [6, 6.07) is 5.50. The molecule has 0 aliphatic heterocycles. The van der Waals surface area contributed by atoms with Crippen LogP contribution in [0.4, 0.5) is 0 Å². The summed E-state index contributed by atoms with van der Waals surface area (Å²) in [5.74, 6) is -0.0689. The molecule has 0 spiro atoms. The first kappa shape index (κ1) is 15.2. The van der Waals surface area contributed by atoms with E-state index in [-0.39, 0.29) is 5.91 Å². The number of nitrogens with one attached hydrogen (secondary N) is 1. The molecular weight excluding hydrogens is 292 g/mol. The van der Waals surface area contributed by atoms with Gasteiger partial charge in [0.15, 0.2) is 0 Å². The van der Waals surface area contributed by atoms with E-state index in [0.29, 0.717) is 12.1 Å². The van der Waals surface area contributed by atoms with Crippen molar-refractivity contribution in [3.05, 3.63) is 42.5 Å². The van der Waals surface area contributed by atoms with Crippen molar-refractivity contribution in [3.8, 4) is 0 Å². The molecule has 2 heterocycles. The minimum atomic E-state index is -0.0689. The van der Waals surface area contributed by atoms with Gasteiger partial charge in [0.1, 0.15) is 5.52 Å². The first-order valence-electron chi connectivity index (χ1n) is 7.85. The van der Waals surface area contributed by atoms with E-state index < -0.39 is 0 Å². The summed E-state index contributed by atoms with van der Waals surface area (Å²) in [5, 5.41) is 11.1. The summed E-state index contributed by atoms with van der Waals surface area (Å²) in [6.45, 7) is 4.35. The number of nitrogens with zero attached hydrogens (tertiary/aromatic N) is 5. The maximum atomic E-state index is 12.2. The lowest BCUT2D eigenvalue weighted by molar-refractivity contribution is 0.0953. The highest BCUT2D eigenvalue weighted by atomic mass is 16.1. The van der Waals surface area contributed by atoms with Crippen LogP contribution in [0.1, 0.15) is 30.1 Å². The van der Waals surface area contributed by atoms with Crippen molar-refractivity contribution in [1.29, 1.82) is 0 Å². The fourth-order valence-corrected chi connectivity index (χ4v) is 2.49. The van der Waals surface area contributed by atoms with E-state index in [2.05, 4.69) is 20.6 Å². The number of fused-ring (bicyclic) bond motifs is 1. The van der Waals surface area contributed by atoms with Crippen molar-refractivity contribution in [2.45, 2.75) is 32.9 Å². The van der Waals surface area contributed by atoms with Gasteiger partial charge in [0.05, 0.1) is 11.8 Å². The Kier molecular flexibility index (Phi) is 4.65. The zero-order valence-corrected chi connectivity index (χ0v) is 13.1. The summed E-state index contributed by atoms with van der Waals surface area (Å²) in [5.41, 5.74) is 2.32. The molecule has 0 atom stereocenters. The molecule has 7 heteroatoms. The molecule has 3 rings (SSSR count). The van der Waals surface area contributed by atoms with Gasteiger partial charge in [0.2, 0.25) is 0 Å². The second-order valence-electron chi connectivity index (χ2n) is 5.37. The summed E-state index contributed by atoms with van der Waals surface area (Å²) in [6.07, 6.45) is 7.44. The van der Waals surface area contributed by atoms with Gasteiger partial charge in [-0.25, -0.2) is 9.67 Å². The number of aryl methyl sites for hydroxylation is 2. The molecule has 3 aromatic rings. The van der Waals surface area contributed by atoms with Gasteiger partial charge in [-0.05, 0) is 38.0 Å². The summed E-state index contributed by atoms with van der Waals surface area (Å²) >= 11 is 0. The number of benzene rings is 1. The molecule has 1 N–H and O–H groups in total. The van der Waals surface area contributed by atoms with Crippen molar-refractivity contribution in [2.24, 2.45) is 0 Å². The Morgan fingerprint density at radius 3 is 3.00 bits per heavy atom. The normalized spacial score (nSPS) is 11.0. The zero-order valence-electron chi connectivity index (χ0n) is 13.1. The third kappa shape index (κ3) is 3.56. The van der Waals surface area contributed by atoms with E-state index in [4.69, 9.17) is 0 Å². The van der Waals surface area contributed by atoms with Gasteiger partial charge in [-0.2, -0.15) is 0 Å². The largest absolute Gasteiger partial charge is 0.352 e. The highest BCUT2D eigenvalue weighted by Gasteiger charge is 2.09. The van der Waals surface area contributed by atoms with E-state index >= 15 is 0 Å². The van der Waals surface area contributed by atoms with E-state index in [9.17, 15) is 4.79 Å². The SMILES string of the molecule is CCn1nnc2cc(C(=O)NCCCCn3ccnc3)ccc21. The van der Waals surface area contributed by atoms with Gasteiger partial charge >= 0.3 is 0 Å². The van der Waals surface area contributed by atoms with Crippen LogP contribution in [-0.2, 0) is 13.1 Å². The highest BCUT2D eigenvalue weighted by molar-refractivity contribution is 5.97. The highest BCUT2D eigenvalue weighted by Crippen LogP contribution is 2.13. The van der Waals surface area contributed by atoms with E-state index in [1.54, 1.807) is 18.6 Å². The first-order valence-corrected chi connectivity index (χ1v) is 7.85. The second-order valence-corrected chi connectivity index (χ2v) is 5.37. The Morgan fingerprint density at radius 2 is 2.22 bits per heavy atom. The Hall–Kier alpha value is -2.70. The molecule has 1 amide bonds. The lowest BCUT2D eigenvalue weighted by atomic mass is 10.2. The van der Waals surface area contributed by atoms with E-state index in [1.165, 1.54) is 0 Å². The molecule has 7 nitrogen and oxygen atoms in total. The van der Waals surface area contributed by atoms with Crippen LogP contribution < -0.4 is 5.32 Å². The number of aromatic nitrogens is 5. The Morgan fingerprint density at radius 1 is 1.30 bits per heavy atom. The Bertz CT molecular complexity index is 777. The zero-order chi connectivity index (χ0) is 16.1. The molecule has 120 valence electrons. The van der Waals surface area contributed by atoms with Crippen LogP contribution in [0, 0.1) is 0 Å². The van der Waals surface area contributed by atoms with Gasteiger partial charge in [0, 0.05) is 37.6 Å². The molecule has 2 aromatic heterocycles. The van der Waals surface area contributed by atoms with Gasteiger partial charge in [0.25, 0.3) is 5.91 Å². The van der Waals surface area contributed by atoms with Gasteiger partial charge in [-0.15, -0.1) is 5.10 Å². The van der Waals surface area contributed by atoms with E-state index in [1.807, 2.05) is 34.5 Å². The monoisotopic (exact) mass is 312 g/mol. The minimum absolute atomic E-state index is 0.0689. The predicted molar refractivity (Wildman–Crippen MR) is 87.0 cm³/mol. The van der Waals surface area contributed by atoms with Crippen molar-refractivity contribution >= 4 is 16.9 Å². The Labute approximate surface area is 134 Å². The quantitative estimate of drug-likeness (QED) is 0.676. The van der Waals surface area contributed by atoms with Crippen molar-refractivity contribution in [2.75, 3.05) is 6.54 Å². The van der Waals surface area contributed by atoms with Crippen LogP contribution in [0.25, 0.3) is 11.0 Å². The second kappa shape index (κ2) is 7.04. The smallest absolute Gasteiger partial charge is 0.251 e. The molecule has 0 saturated carbocycles. The molecule has 0 bridgehead atoms. The van der Waals surface area contributed by atoms with Crippen LogP contribution in [-0.4, -0.2) is 37.0 Å². The van der Waals surface area contributed by atoms with Gasteiger partial charge in [-0.3, -0.25) is 4.79 Å². The lowest BCUT2D eigenvalue weighted by Crippen LogP contribution is -2.24. The number of hydrogen-bond donors (Lipinski definition) is 1. The van der Waals surface area contributed by atoms with Crippen LogP contribution in [0.5, 0.6) is 0 Å². The number of carbonyl (C=O) groups excluding carboxylic acids is 1. The van der Waals surface area contributed by atoms with Crippen LogP contribution >= 0.6 is 0 Å². The molecule has 0 unspecified atom stereocenters. The predicted octanol–water partition coefficient (Wildman–Crippen LogP) is 1.86. The van der Waals surface area contributed by atoms with Gasteiger partial charge in [-0.1, -0.05) is 5.21 Å². The molecular formula is C16H20N6O. The summed E-state index contributed by atoms with van der Waals surface area (Å²) in [4.78, 5) is 16.2. The third-order valence-corrected chi connectivity index (χ3v) is 3.76. The number of unbranched alkanes of at least 4 members (excludes halogenated alkanes) is 1. The first-order chi connectivity index (χ1) is 11.3. The standard InChI is InChI=1S/C16H20N6O/c1-2-22-15-6-5-13(11-14(15)19-20-22)16(23)18-7-3-4-9-21-10-8-17-12-21/h5-6,8,10-12H,2-4,7,9H2,1H3,(H,18,23). The third-order valence-electron chi connectivity index (χ3n) is 3.76. The number of carbonyl (C=O) groups is 1. The molecule has 0 aliphatic carbocycles. The number of hydrogen-bond acceptors (Lipinski definition) is 4. The molecule has 0 fully saturated rings. The van der Waals surface area contributed by atoms with Crippen molar-refractivity contribution < 1.29 is 4.79 Å². The van der Waals surface area contributed by atoms with Crippen molar-refractivity contribution in [1.82, 2.24) is 29.9 Å². The van der Waals surface area contributed by atoms with Crippen LogP contribution in [0.3, 0.4) is 0 Å². The maximum Gasteiger partial charge on any atom is 0.251 e. The number of rotatable bonds is 7. The molecule has 0 aliphatic rings. The molecule has 23 heavy (non-hydrogen) atoms. The van der Waals surface area contributed by atoms with Crippen molar-refractivity contribution in [3.63, 3.8) is 0 Å². The fourth-order valence-electron chi connectivity index (χ4n) is 2.49. The fraction of sp³-hybridized carbons (Fsp3) is 0.375. The maximum absolute atomic E-state index is 12.2. The Balaban J connectivity index is 1.50. The topological polar surface area (TPSA) is 77.6 Å². The number of amides is 1. The molecule has 0 radical (unpaired) electrons. The molecule has 0 saturated heterocycles. The van der Waals surface area contributed by atoms with E-state index in [0.717, 1.165) is 37.0 Å². The average molecular weight is 312 g/mol. The minimum Gasteiger partial charge on any atom is -0.352 e. The average Bonchev–Trinajstić information content (AvgIpc) is 3.22. The lowest BCUT2D eigenvalue weighted by Gasteiger charge is -2.06. The van der Waals surface area contributed by atoms with Crippen LogP contribution in [0.15, 0.2) is 36.9 Å². The van der Waals surface area contributed by atoms with Crippen LogP contribution in [0.2, 0.25) is 0 Å². The molecule has 1 aromatic carbocycles. The van der Waals surface area contributed by atoms with Gasteiger partial charge < -0.3 is 9.88 Å². The summed E-state index contributed by atoms with van der Waals surface area (Å²) < 4.78 is 3.85. The number of imidazole rings is 1.